The van der Waals surface area contributed by atoms with Gasteiger partial charge in [-0.15, -0.1) is 11.3 Å². The molecule has 0 fully saturated rings. The first kappa shape index (κ1) is 26.1. The van der Waals surface area contributed by atoms with E-state index in [0.717, 1.165) is 23.5 Å². The summed E-state index contributed by atoms with van der Waals surface area (Å²) in [7, 11) is 0. The third kappa shape index (κ3) is 6.98. The van der Waals surface area contributed by atoms with E-state index < -0.39 is 34.6 Å². The van der Waals surface area contributed by atoms with Gasteiger partial charge >= 0.3 is 6.18 Å². The zero-order chi connectivity index (χ0) is 25.6. The maximum absolute atomic E-state index is 13.0. The van der Waals surface area contributed by atoms with Crippen molar-refractivity contribution in [3.05, 3.63) is 68.6 Å². The van der Waals surface area contributed by atoms with Crippen molar-refractivity contribution in [2.75, 3.05) is 11.9 Å². The minimum absolute atomic E-state index is 0.0675. The summed E-state index contributed by atoms with van der Waals surface area (Å²) in [4.78, 5) is 37.2. The summed E-state index contributed by atoms with van der Waals surface area (Å²) in [5, 5.41) is 13.8. The van der Waals surface area contributed by atoms with Gasteiger partial charge in [0.15, 0.2) is 0 Å². The van der Waals surface area contributed by atoms with Crippen molar-refractivity contribution < 1.29 is 27.9 Å². The Labute approximate surface area is 206 Å². The molecule has 2 heterocycles. The van der Waals surface area contributed by atoms with E-state index in [2.05, 4.69) is 37.4 Å². The summed E-state index contributed by atoms with van der Waals surface area (Å²) in [6.07, 6.45) is -1.95. The number of anilines is 1. The molecule has 2 amide bonds. The van der Waals surface area contributed by atoms with E-state index >= 15 is 0 Å². The van der Waals surface area contributed by atoms with Crippen LogP contribution in [0.25, 0.3) is 0 Å². The van der Waals surface area contributed by atoms with Crippen molar-refractivity contribution in [3.8, 4) is 11.8 Å². The number of aliphatic hydroxyl groups is 1. The van der Waals surface area contributed by atoms with Crippen LogP contribution in [0.4, 0.5) is 18.9 Å². The summed E-state index contributed by atoms with van der Waals surface area (Å²) >= 11 is 6.57. The Morgan fingerprint density at radius 1 is 1.20 bits per heavy atom. The summed E-state index contributed by atoms with van der Waals surface area (Å²) < 4.78 is 39.1. The molecule has 0 radical (unpaired) electrons. The number of alkyl halides is 3. The lowest BCUT2D eigenvalue weighted by Crippen LogP contribution is -2.27. The third-order valence-electron chi connectivity index (χ3n) is 4.35. The first-order valence-corrected chi connectivity index (χ1v) is 11.1. The predicted molar refractivity (Wildman–Crippen MR) is 123 cm³/mol. The standard InChI is InChI=1S/C22H17ClF3N5O3S/c1-12(30-19(33)17-9-13(28-11-29-17)4-2-3-7-32)21-27-10-18(35-21)20(34)31-14-5-6-16(23)15(8-14)22(24,25)26/h5-6,8-12,32H,3,7H2,1H3,(H,30,33)(H,31,34). The van der Waals surface area contributed by atoms with Gasteiger partial charge in [-0.25, -0.2) is 15.0 Å². The Balaban J connectivity index is 1.66. The quantitative estimate of drug-likeness (QED) is 0.419. The van der Waals surface area contributed by atoms with Crippen molar-refractivity contribution in [3.63, 3.8) is 0 Å². The number of halogens is 4. The zero-order valence-corrected chi connectivity index (χ0v) is 19.6. The fraction of sp³-hybridized carbons (Fsp3) is 0.227. The minimum atomic E-state index is -4.67. The number of nitrogens with one attached hydrogen (secondary N) is 2. The van der Waals surface area contributed by atoms with Gasteiger partial charge in [0.2, 0.25) is 0 Å². The van der Waals surface area contributed by atoms with E-state index in [-0.39, 0.29) is 29.3 Å². The molecule has 182 valence electrons. The van der Waals surface area contributed by atoms with Gasteiger partial charge in [0.25, 0.3) is 11.8 Å². The van der Waals surface area contributed by atoms with Gasteiger partial charge in [0, 0.05) is 18.2 Å². The predicted octanol–water partition coefficient (Wildman–Crippen LogP) is 4.08. The second-order valence-electron chi connectivity index (χ2n) is 6.97. The van der Waals surface area contributed by atoms with Gasteiger partial charge in [-0.2, -0.15) is 13.2 Å². The average molecular weight is 524 g/mol. The molecule has 1 atom stereocenters. The van der Waals surface area contributed by atoms with Crippen LogP contribution in [0.15, 0.2) is 36.8 Å². The number of hydrogen-bond donors (Lipinski definition) is 3. The zero-order valence-electron chi connectivity index (χ0n) is 18.0. The number of thiazole rings is 1. The third-order valence-corrected chi connectivity index (χ3v) is 5.86. The molecule has 1 aromatic carbocycles. The van der Waals surface area contributed by atoms with Crippen molar-refractivity contribution in [1.82, 2.24) is 20.3 Å². The molecule has 13 heteroatoms. The second-order valence-corrected chi connectivity index (χ2v) is 8.44. The Hall–Kier alpha value is -3.53. The molecule has 0 aliphatic carbocycles. The van der Waals surface area contributed by atoms with Crippen LogP contribution in [-0.2, 0) is 6.18 Å². The van der Waals surface area contributed by atoms with Crippen molar-refractivity contribution in [1.29, 1.82) is 0 Å². The van der Waals surface area contributed by atoms with Crippen molar-refractivity contribution in [2.24, 2.45) is 0 Å². The maximum Gasteiger partial charge on any atom is 0.417 e. The highest BCUT2D eigenvalue weighted by atomic mass is 35.5. The first-order valence-electron chi connectivity index (χ1n) is 9.95. The molecule has 0 saturated carbocycles. The number of carbonyl (C=O) groups is 2. The molecule has 3 rings (SSSR count). The highest BCUT2D eigenvalue weighted by Crippen LogP contribution is 2.36. The number of amides is 2. The molecular formula is C22H17ClF3N5O3S. The number of rotatable bonds is 6. The first-order chi connectivity index (χ1) is 16.6. The van der Waals surface area contributed by atoms with Crippen LogP contribution in [0.5, 0.6) is 0 Å². The number of aliphatic hydroxyl groups excluding tert-OH is 1. The van der Waals surface area contributed by atoms with E-state index in [0.29, 0.717) is 10.7 Å². The normalized spacial score (nSPS) is 11.8. The molecule has 8 nitrogen and oxygen atoms in total. The molecule has 2 aromatic heterocycles. The van der Waals surface area contributed by atoms with E-state index in [4.69, 9.17) is 16.7 Å². The smallest absolute Gasteiger partial charge is 0.395 e. The molecule has 0 aliphatic heterocycles. The molecule has 35 heavy (non-hydrogen) atoms. The molecule has 0 bridgehead atoms. The number of nitrogens with zero attached hydrogens (tertiary/aromatic N) is 3. The largest absolute Gasteiger partial charge is 0.417 e. The average Bonchev–Trinajstić information content (AvgIpc) is 3.31. The van der Waals surface area contributed by atoms with Gasteiger partial charge in [-0.1, -0.05) is 17.5 Å². The Morgan fingerprint density at radius 2 is 1.97 bits per heavy atom. The molecule has 0 saturated heterocycles. The van der Waals surface area contributed by atoms with Crippen LogP contribution in [0.3, 0.4) is 0 Å². The van der Waals surface area contributed by atoms with E-state index in [1.54, 1.807) is 6.92 Å². The lowest BCUT2D eigenvalue weighted by atomic mass is 10.2. The minimum Gasteiger partial charge on any atom is -0.395 e. The number of aromatic nitrogens is 3. The van der Waals surface area contributed by atoms with Gasteiger partial charge in [0.1, 0.15) is 27.6 Å². The Kier molecular flexibility index (Phi) is 8.39. The van der Waals surface area contributed by atoms with Crippen LogP contribution in [-0.4, -0.2) is 38.5 Å². The topological polar surface area (TPSA) is 117 Å². The van der Waals surface area contributed by atoms with Gasteiger partial charge in [0.05, 0.1) is 29.4 Å². The molecule has 1 unspecified atom stereocenters. The fourth-order valence-corrected chi connectivity index (χ4v) is 3.74. The van der Waals surface area contributed by atoms with E-state index in [9.17, 15) is 22.8 Å². The molecule has 3 aromatic rings. The second kappa shape index (κ2) is 11.3. The van der Waals surface area contributed by atoms with E-state index in [1.807, 2.05) is 0 Å². The summed E-state index contributed by atoms with van der Waals surface area (Å²) in [5.41, 5.74) is -0.761. The highest BCUT2D eigenvalue weighted by Gasteiger charge is 2.33. The lowest BCUT2D eigenvalue weighted by Gasteiger charge is -2.11. The lowest BCUT2D eigenvalue weighted by molar-refractivity contribution is -0.137. The molecule has 0 spiro atoms. The summed E-state index contributed by atoms with van der Waals surface area (Å²) in [5.74, 6) is 4.22. The summed E-state index contributed by atoms with van der Waals surface area (Å²) in [6, 6.07) is 3.85. The van der Waals surface area contributed by atoms with Crippen LogP contribution >= 0.6 is 22.9 Å². The van der Waals surface area contributed by atoms with Crippen LogP contribution in [0, 0.1) is 11.8 Å². The number of hydrogen-bond acceptors (Lipinski definition) is 7. The fourth-order valence-electron chi connectivity index (χ4n) is 2.70. The SMILES string of the molecule is CC(NC(=O)c1cc(C#CCCO)ncn1)c1ncc(C(=O)Nc2ccc(Cl)c(C(F)(F)F)c2)s1. The number of benzene rings is 1. The molecule has 3 N–H and O–H groups in total. The Morgan fingerprint density at radius 3 is 2.69 bits per heavy atom. The van der Waals surface area contributed by atoms with Gasteiger partial charge in [-0.05, 0) is 31.0 Å². The van der Waals surface area contributed by atoms with Crippen LogP contribution < -0.4 is 10.6 Å². The molecular weight excluding hydrogens is 507 g/mol. The maximum atomic E-state index is 13.0. The van der Waals surface area contributed by atoms with Crippen molar-refractivity contribution in [2.45, 2.75) is 25.6 Å². The van der Waals surface area contributed by atoms with Crippen LogP contribution in [0.2, 0.25) is 5.02 Å². The summed E-state index contributed by atoms with van der Waals surface area (Å²) in [6.45, 7) is 1.56. The van der Waals surface area contributed by atoms with E-state index in [1.165, 1.54) is 24.7 Å². The highest BCUT2D eigenvalue weighted by molar-refractivity contribution is 7.13. The van der Waals surface area contributed by atoms with Crippen molar-refractivity contribution >= 4 is 40.4 Å². The Bertz CT molecular complexity index is 1300. The van der Waals surface area contributed by atoms with Crippen LogP contribution in [0.1, 0.15) is 55.8 Å². The molecule has 0 aliphatic rings. The van der Waals surface area contributed by atoms with Gasteiger partial charge < -0.3 is 15.7 Å². The van der Waals surface area contributed by atoms with Gasteiger partial charge in [-0.3, -0.25) is 9.59 Å². The number of carbonyl (C=O) groups excluding carboxylic acids is 2. The monoisotopic (exact) mass is 523 g/mol.